The molecule has 0 amide bonds. The molecule has 0 atom stereocenters. The first kappa shape index (κ1) is 25.4. The first-order chi connectivity index (χ1) is 18.2. The van der Waals surface area contributed by atoms with E-state index in [1.165, 1.54) is 11.9 Å². The van der Waals surface area contributed by atoms with Gasteiger partial charge in [-0.15, -0.1) is 0 Å². The summed E-state index contributed by atoms with van der Waals surface area (Å²) in [6, 6.07) is 9.60. The van der Waals surface area contributed by atoms with E-state index in [1.54, 1.807) is 18.3 Å². The molecule has 2 aliphatic rings. The lowest BCUT2D eigenvalue weighted by atomic mass is 10.1. The largest absolute Gasteiger partial charge is 0.477 e. The fraction of sp³-hybridized carbons (Fsp3) is 0.370. The number of rotatable bonds is 3. The number of anilines is 3. The summed E-state index contributed by atoms with van der Waals surface area (Å²) in [5, 5.41) is 3.24. The van der Waals surface area contributed by atoms with Crippen molar-refractivity contribution in [2.45, 2.75) is 20.0 Å². The first-order valence-electron chi connectivity index (χ1n) is 12.6. The van der Waals surface area contributed by atoms with E-state index < -0.39 is 5.82 Å². The van der Waals surface area contributed by atoms with Crippen molar-refractivity contribution in [3.8, 4) is 17.1 Å². The minimum absolute atomic E-state index is 0.189. The summed E-state index contributed by atoms with van der Waals surface area (Å²) in [5.41, 5.74) is 3.84. The number of piperazine rings is 1. The zero-order valence-corrected chi connectivity index (χ0v) is 21.7. The van der Waals surface area contributed by atoms with Crippen LogP contribution in [0.1, 0.15) is 18.9 Å². The highest BCUT2D eigenvalue weighted by Gasteiger charge is 2.20. The number of fused-ring (bicyclic) bond motifs is 7. The van der Waals surface area contributed by atoms with Crippen LogP contribution in [0, 0.1) is 5.82 Å². The van der Waals surface area contributed by atoms with Crippen LogP contribution in [0.3, 0.4) is 0 Å². The lowest BCUT2D eigenvalue weighted by Gasteiger charge is -2.36. The van der Waals surface area contributed by atoms with Gasteiger partial charge in [-0.25, -0.2) is 23.6 Å². The third kappa shape index (κ3) is 6.57. The van der Waals surface area contributed by atoms with Crippen LogP contribution in [-0.4, -0.2) is 64.4 Å². The van der Waals surface area contributed by atoms with Crippen molar-refractivity contribution in [1.29, 1.82) is 0 Å². The summed E-state index contributed by atoms with van der Waals surface area (Å²) in [6.45, 7) is 7.60. The fourth-order valence-corrected chi connectivity index (χ4v) is 5.16. The topological polar surface area (TPSA) is 75.6 Å². The molecule has 2 aliphatic heterocycles. The number of halogens is 1. The number of hydrogen-bond donors (Lipinski definition) is 1. The zero-order valence-electron chi connectivity index (χ0n) is 20.9. The molecule has 1 saturated heterocycles. The predicted molar refractivity (Wildman–Crippen MR) is 146 cm³/mol. The van der Waals surface area contributed by atoms with Crippen molar-refractivity contribution in [2.75, 3.05) is 55.4 Å². The SMILES string of the molecule is CCSN1CCN(c2ccc3cc2COC/C=C/CCOc2cc(ccn2)-c2nc(ncc2F)N3)CC1. The molecular formula is C27H31FN6O2S. The van der Waals surface area contributed by atoms with Crippen molar-refractivity contribution in [3.05, 3.63) is 66.3 Å². The van der Waals surface area contributed by atoms with E-state index in [9.17, 15) is 4.39 Å². The molecule has 0 saturated carbocycles. The van der Waals surface area contributed by atoms with Gasteiger partial charge < -0.3 is 19.7 Å². The number of ether oxygens (including phenoxy) is 2. The number of aromatic nitrogens is 3. The summed E-state index contributed by atoms with van der Waals surface area (Å²) >= 11 is 1.90. The average Bonchev–Trinajstić information content (AvgIpc) is 2.92. The smallest absolute Gasteiger partial charge is 0.227 e. The van der Waals surface area contributed by atoms with Crippen LogP contribution in [0.25, 0.3) is 11.3 Å². The van der Waals surface area contributed by atoms with Crippen molar-refractivity contribution in [2.24, 2.45) is 0 Å². The molecule has 1 N–H and O–H groups in total. The maximum Gasteiger partial charge on any atom is 0.227 e. The van der Waals surface area contributed by atoms with Gasteiger partial charge in [-0.2, -0.15) is 0 Å². The highest BCUT2D eigenvalue weighted by Crippen LogP contribution is 2.29. The van der Waals surface area contributed by atoms with Crippen molar-refractivity contribution < 1.29 is 13.9 Å². The Morgan fingerprint density at radius 2 is 1.97 bits per heavy atom. The Morgan fingerprint density at radius 1 is 1.08 bits per heavy atom. The Hall–Kier alpha value is -3.21. The molecule has 1 aromatic carbocycles. The standard InChI is InChI=1S/C27H31FN6O2S/c1-2-37-34-12-10-33(11-13-34)24-7-6-22-16-21(24)19-35-14-4-3-5-15-36-25-17-20(8-9-29-25)26-23(28)18-30-27(31-22)32-26/h3-4,6-9,16-18H,2,5,10-15,19H2,1H3,(H,30,31,32)/b4-3+. The first-order valence-corrected chi connectivity index (χ1v) is 13.5. The summed E-state index contributed by atoms with van der Waals surface area (Å²) in [4.78, 5) is 15.3. The summed E-state index contributed by atoms with van der Waals surface area (Å²) < 4.78 is 28.9. The molecule has 10 heteroatoms. The lowest BCUT2D eigenvalue weighted by molar-refractivity contribution is 0.148. The second kappa shape index (κ2) is 12.4. The van der Waals surface area contributed by atoms with Crippen molar-refractivity contribution in [3.63, 3.8) is 0 Å². The van der Waals surface area contributed by atoms with Crippen LogP contribution in [0.15, 0.2) is 54.9 Å². The van der Waals surface area contributed by atoms with Gasteiger partial charge in [-0.1, -0.05) is 31.0 Å². The summed E-state index contributed by atoms with van der Waals surface area (Å²) in [7, 11) is 0. The molecule has 194 valence electrons. The number of benzene rings is 1. The van der Waals surface area contributed by atoms with Gasteiger partial charge in [-0.3, -0.25) is 0 Å². The Balaban J connectivity index is 1.44. The Bertz CT molecular complexity index is 1240. The predicted octanol–water partition coefficient (Wildman–Crippen LogP) is 5.07. The number of nitrogens with one attached hydrogen (secondary N) is 1. The highest BCUT2D eigenvalue weighted by molar-refractivity contribution is 7.96. The molecule has 0 unspecified atom stereocenters. The summed E-state index contributed by atoms with van der Waals surface area (Å²) in [6.07, 6.45) is 7.53. The van der Waals surface area contributed by atoms with Crippen LogP contribution >= 0.6 is 11.9 Å². The van der Waals surface area contributed by atoms with Gasteiger partial charge in [-0.05, 0) is 30.7 Å². The highest BCUT2D eigenvalue weighted by atomic mass is 32.2. The van der Waals surface area contributed by atoms with Crippen LogP contribution < -0.4 is 15.0 Å². The third-order valence-corrected chi connectivity index (χ3v) is 7.14. The Labute approximate surface area is 221 Å². The maximum atomic E-state index is 14.7. The molecule has 1 fully saturated rings. The van der Waals surface area contributed by atoms with Gasteiger partial charge in [0.2, 0.25) is 11.8 Å². The molecule has 8 nitrogen and oxygen atoms in total. The quantitative estimate of drug-likeness (QED) is 0.375. The van der Waals surface area contributed by atoms with Crippen LogP contribution in [-0.2, 0) is 11.3 Å². The maximum absolute atomic E-state index is 14.7. The molecule has 0 spiro atoms. The van der Waals surface area contributed by atoms with Gasteiger partial charge in [0, 0.05) is 66.7 Å². The van der Waals surface area contributed by atoms with Crippen molar-refractivity contribution >= 4 is 29.3 Å². The van der Waals surface area contributed by atoms with Gasteiger partial charge in [0.05, 0.1) is 26.0 Å². The van der Waals surface area contributed by atoms with Gasteiger partial charge >= 0.3 is 0 Å². The second-order valence-electron chi connectivity index (χ2n) is 8.70. The van der Waals surface area contributed by atoms with Crippen molar-refractivity contribution in [1.82, 2.24) is 19.3 Å². The molecular weight excluding hydrogens is 491 g/mol. The fourth-order valence-electron chi connectivity index (χ4n) is 4.38. The van der Waals surface area contributed by atoms with E-state index in [0.717, 1.165) is 43.2 Å². The molecule has 37 heavy (non-hydrogen) atoms. The Kier molecular flexibility index (Phi) is 8.49. The summed E-state index contributed by atoms with van der Waals surface area (Å²) in [5.74, 6) is 1.31. The molecule has 5 rings (SSSR count). The lowest BCUT2D eigenvalue weighted by Crippen LogP contribution is -2.43. The molecule has 2 aromatic heterocycles. The van der Waals surface area contributed by atoms with E-state index in [-0.39, 0.29) is 5.69 Å². The van der Waals surface area contributed by atoms with Crippen LogP contribution in [0.5, 0.6) is 5.88 Å². The van der Waals surface area contributed by atoms with E-state index in [4.69, 9.17) is 9.47 Å². The third-order valence-electron chi connectivity index (χ3n) is 6.15. The van der Waals surface area contributed by atoms with Gasteiger partial charge in [0.1, 0.15) is 5.69 Å². The minimum atomic E-state index is -0.509. The number of nitrogens with zero attached hydrogens (tertiary/aromatic N) is 5. The van der Waals surface area contributed by atoms with E-state index in [1.807, 2.05) is 30.2 Å². The van der Waals surface area contributed by atoms with E-state index in [2.05, 4.69) is 48.5 Å². The Morgan fingerprint density at radius 3 is 2.84 bits per heavy atom. The molecule has 3 aromatic rings. The van der Waals surface area contributed by atoms with E-state index >= 15 is 0 Å². The minimum Gasteiger partial charge on any atom is -0.477 e. The number of pyridine rings is 1. The molecule has 6 bridgehead atoms. The molecule has 4 heterocycles. The average molecular weight is 523 g/mol. The van der Waals surface area contributed by atoms with E-state index in [0.29, 0.717) is 43.6 Å². The number of hydrogen-bond acceptors (Lipinski definition) is 9. The molecule has 0 aliphatic carbocycles. The molecule has 0 radical (unpaired) electrons. The van der Waals surface area contributed by atoms with Gasteiger partial charge in [0.15, 0.2) is 5.82 Å². The second-order valence-corrected chi connectivity index (χ2v) is 10.1. The normalized spacial score (nSPS) is 17.7. The van der Waals surface area contributed by atoms with Crippen LogP contribution in [0.4, 0.5) is 21.7 Å². The van der Waals surface area contributed by atoms with Gasteiger partial charge in [0.25, 0.3) is 0 Å². The van der Waals surface area contributed by atoms with Crippen LogP contribution in [0.2, 0.25) is 0 Å². The monoisotopic (exact) mass is 522 g/mol. The zero-order chi connectivity index (χ0) is 25.5.